The van der Waals surface area contributed by atoms with Crippen molar-refractivity contribution in [3.8, 4) is 0 Å². The molecule has 8 heteroatoms. The molecule has 1 aromatic carbocycles. The Labute approximate surface area is 159 Å². The summed E-state index contributed by atoms with van der Waals surface area (Å²) in [6.07, 6.45) is 2.44. The average molecular weight is 394 g/mol. The SMILES string of the molecule is Cc1ccc(S(=O)(=O)N2CCC(C(=O)NC(C(=O)O)C3CC3)CC2)c(C)c1. The van der Waals surface area contributed by atoms with Crippen molar-refractivity contribution < 1.29 is 23.1 Å². The number of carbonyl (C=O) groups excluding carboxylic acids is 1. The van der Waals surface area contributed by atoms with Gasteiger partial charge in [0.25, 0.3) is 0 Å². The second kappa shape index (κ2) is 7.59. The van der Waals surface area contributed by atoms with Crippen LogP contribution in [0.2, 0.25) is 0 Å². The number of aryl methyl sites for hydroxylation is 2. The quantitative estimate of drug-likeness (QED) is 0.764. The van der Waals surface area contributed by atoms with Crippen LogP contribution < -0.4 is 5.32 Å². The lowest BCUT2D eigenvalue weighted by molar-refractivity contribution is -0.143. The van der Waals surface area contributed by atoms with Crippen LogP contribution >= 0.6 is 0 Å². The van der Waals surface area contributed by atoms with Gasteiger partial charge in [0.05, 0.1) is 4.90 Å². The number of nitrogens with one attached hydrogen (secondary N) is 1. The number of carboxylic acid groups (broad SMARTS) is 1. The van der Waals surface area contributed by atoms with Gasteiger partial charge in [-0.05, 0) is 57.1 Å². The van der Waals surface area contributed by atoms with Crippen LogP contribution in [0.4, 0.5) is 0 Å². The first-order valence-corrected chi connectivity index (χ1v) is 10.7. The highest BCUT2D eigenvalue weighted by Crippen LogP contribution is 2.33. The number of aliphatic carboxylic acids is 1. The van der Waals surface area contributed by atoms with E-state index in [1.807, 2.05) is 13.0 Å². The van der Waals surface area contributed by atoms with E-state index in [1.54, 1.807) is 19.1 Å². The Bertz CT molecular complexity index is 840. The predicted octanol–water partition coefficient (Wildman–Crippen LogP) is 1.68. The normalized spacial score (nSPS) is 20.2. The van der Waals surface area contributed by atoms with E-state index in [4.69, 9.17) is 0 Å². The van der Waals surface area contributed by atoms with Gasteiger partial charge in [-0.25, -0.2) is 13.2 Å². The van der Waals surface area contributed by atoms with E-state index in [0.717, 1.165) is 18.4 Å². The maximum atomic E-state index is 12.9. The van der Waals surface area contributed by atoms with Crippen LogP contribution in [0.1, 0.15) is 36.8 Å². The summed E-state index contributed by atoms with van der Waals surface area (Å²) in [4.78, 5) is 24.0. The zero-order chi connectivity index (χ0) is 19.8. The Morgan fingerprint density at radius 3 is 2.30 bits per heavy atom. The van der Waals surface area contributed by atoms with E-state index in [9.17, 15) is 23.1 Å². The molecule has 2 fully saturated rings. The third-order valence-electron chi connectivity index (χ3n) is 5.43. The van der Waals surface area contributed by atoms with Crippen LogP contribution in [-0.2, 0) is 19.6 Å². The van der Waals surface area contributed by atoms with E-state index in [1.165, 1.54) is 4.31 Å². The molecule has 1 heterocycles. The van der Waals surface area contributed by atoms with Gasteiger partial charge in [-0.3, -0.25) is 4.79 Å². The first-order chi connectivity index (χ1) is 12.7. The predicted molar refractivity (Wildman–Crippen MR) is 99.7 cm³/mol. The van der Waals surface area contributed by atoms with Gasteiger partial charge < -0.3 is 10.4 Å². The van der Waals surface area contributed by atoms with Crippen molar-refractivity contribution in [2.75, 3.05) is 13.1 Å². The Morgan fingerprint density at radius 1 is 1.15 bits per heavy atom. The van der Waals surface area contributed by atoms with Crippen molar-refractivity contribution >= 4 is 21.9 Å². The smallest absolute Gasteiger partial charge is 0.326 e. The first kappa shape index (κ1) is 19.8. The van der Waals surface area contributed by atoms with Gasteiger partial charge in [0.15, 0.2) is 0 Å². The van der Waals surface area contributed by atoms with E-state index < -0.39 is 22.0 Å². The van der Waals surface area contributed by atoms with E-state index >= 15 is 0 Å². The van der Waals surface area contributed by atoms with Gasteiger partial charge in [-0.2, -0.15) is 4.31 Å². The van der Waals surface area contributed by atoms with Gasteiger partial charge in [0, 0.05) is 19.0 Å². The molecule has 148 valence electrons. The van der Waals surface area contributed by atoms with Crippen molar-refractivity contribution in [3.63, 3.8) is 0 Å². The maximum Gasteiger partial charge on any atom is 0.326 e. The molecule has 27 heavy (non-hydrogen) atoms. The molecule has 2 N–H and O–H groups in total. The summed E-state index contributed by atoms with van der Waals surface area (Å²) >= 11 is 0. The monoisotopic (exact) mass is 394 g/mol. The zero-order valence-electron chi connectivity index (χ0n) is 15.6. The molecular formula is C19H26N2O5S. The van der Waals surface area contributed by atoms with Crippen LogP contribution in [0, 0.1) is 25.7 Å². The number of carboxylic acids is 1. The molecule has 0 radical (unpaired) electrons. The van der Waals surface area contributed by atoms with Crippen LogP contribution in [0.5, 0.6) is 0 Å². The molecule has 2 aliphatic rings. The number of piperidine rings is 1. The standard InChI is InChI=1S/C19H26N2O5S/c1-12-3-6-16(13(2)11-12)27(25,26)21-9-7-15(8-10-21)18(22)20-17(19(23)24)14-4-5-14/h3,6,11,14-15,17H,4-5,7-10H2,1-2H3,(H,20,22)(H,23,24). The number of carbonyl (C=O) groups is 2. The zero-order valence-corrected chi connectivity index (χ0v) is 16.5. The van der Waals surface area contributed by atoms with E-state index in [-0.39, 0.29) is 30.8 Å². The molecule has 1 aliphatic carbocycles. The summed E-state index contributed by atoms with van der Waals surface area (Å²) in [5, 5.41) is 11.9. The van der Waals surface area contributed by atoms with Gasteiger partial charge >= 0.3 is 5.97 Å². The molecule has 0 bridgehead atoms. The molecule has 7 nitrogen and oxygen atoms in total. The molecule has 1 aliphatic heterocycles. The molecule has 1 saturated heterocycles. The van der Waals surface area contributed by atoms with Crippen molar-refractivity contribution in [3.05, 3.63) is 29.3 Å². The Kier molecular flexibility index (Phi) is 5.58. The minimum absolute atomic E-state index is 0.0245. The third-order valence-corrected chi connectivity index (χ3v) is 7.49. The summed E-state index contributed by atoms with van der Waals surface area (Å²) in [5.41, 5.74) is 1.72. The topological polar surface area (TPSA) is 104 Å². The first-order valence-electron chi connectivity index (χ1n) is 9.30. The van der Waals surface area contributed by atoms with Crippen molar-refractivity contribution in [2.45, 2.75) is 50.5 Å². The molecule has 0 spiro atoms. The Balaban J connectivity index is 1.62. The van der Waals surface area contributed by atoms with Crippen LogP contribution in [0.3, 0.4) is 0 Å². The number of hydrogen-bond donors (Lipinski definition) is 2. The number of benzene rings is 1. The third kappa shape index (κ3) is 4.32. The van der Waals surface area contributed by atoms with Gasteiger partial charge in [-0.15, -0.1) is 0 Å². The number of rotatable bonds is 6. The summed E-state index contributed by atoms with van der Waals surface area (Å²) < 4.78 is 27.2. The molecule has 1 aromatic rings. The largest absolute Gasteiger partial charge is 0.480 e. The number of sulfonamides is 1. The van der Waals surface area contributed by atoms with Crippen molar-refractivity contribution in [2.24, 2.45) is 11.8 Å². The van der Waals surface area contributed by atoms with Crippen LogP contribution in [-0.4, -0.2) is 48.8 Å². The highest BCUT2D eigenvalue weighted by Gasteiger charge is 2.39. The van der Waals surface area contributed by atoms with Crippen LogP contribution in [0.25, 0.3) is 0 Å². The van der Waals surface area contributed by atoms with Crippen molar-refractivity contribution in [1.29, 1.82) is 0 Å². The lowest BCUT2D eigenvalue weighted by atomic mass is 9.96. The lowest BCUT2D eigenvalue weighted by Crippen LogP contribution is -2.48. The summed E-state index contributed by atoms with van der Waals surface area (Å²) in [7, 11) is -3.59. The fraction of sp³-hybridized carbons (Fsp3) is 0.579. The van der Waals surface area contributed by atoms with Crippen molar-refractivity contribution in [1.82, 2.24) is 9.62 Å². The Morgan fingerprint density at radius 2 is 1.78 bits per heavy atom. The molecular weight excluding hydrogens is 368 g/mol. The summed E-state index contributed by atoms with van der Waals surface area (Å²) in [6, 6.07) is 4.43. The minimum atomic E-state index is -3.59. The minimum Gasteiger partial charge on any atom is -0.480 e. The fourth-order valence-corrected chi connectivity index (χ4v) is 5.34. The maximum absolute atomic E-state index is 12.9. The molecule has 1 saturated carbocycles. The van der Waals surface area contributed by atoms with Gasteiger partial charge in [0.1, 0.15) is 6.04 Å². The van der Waals surface area contributed by atoms with E-state index in [0.29, 0.717) is 23.3 Å². The molecule has 1 unspecified atom stereocenters. The Hall–Kier alpha value is -1.93. The number of nitrogens with zero attached hydrogens (tertiary/aromatic N) is 1. The molecule has 3 rings (SSSR count). The lowest BCUT2D eigenvalue weighted by Gasteiger charge is -2.31. The van der Waals surface area contributed by atoms with Crippen LogP contribution in [0.15, 0.2) is 23.1 Å². The average Bonchev–Trinajstić information content (AvgIpc) is 3.43. The number of amides is 1. The molecule has 0 aromatic heterocycles. The van der Waals surface area contributed by atoms with Gasteiger partial charge in [0.2, 0.25) is 15.9 Å². The highest BCUT2D eigenvalue weighted by atomic mass is 32.2. The van der Waals surface area contributed by atoms with E-state index in [2.05, 4.69) is 5.32 Å². The molecule has 1 atom stereocenters. The fourth-order valence-electron chi connectivity index (χ4n) is 3.67. The summed E-state index contributed by atoms with van der Waals surface area (Å²) in [6.45, 7) is 4.22. The summed E-state index contributed by atoms with van der Waals surface area (Å²) in [5.74, 6) is -1.61. The van der Waals surface area contributed by atoms with Gasteiger partial charge in [-0.1, -0.05) is 17.7 Å². The molecule has 1 amide bonds. The number of hydrogen-bond acceptors (Lipinski definition) is 4. The highest BCUT2D eigenvalue weighted by molar-refractivity contribution is 7.89. The second-order valence-electron chi connectivity index (χ2n) is 7.61. The second-order valence-corrected chi connectivity index (χ2v) is 9.52.